The van der Waals surface area contributed by atoms with Crippen LogP contribution in [0.15, 0.2) is 24.3 Å². The maximum absolute atomic E-state index is 11.4. The van der Waals surface area contributed by atoms with Crippen LogP contribution in [0.4, 0.5) is 5.69 Å². The molecule has 1 atom stereocenters. The summed E-state index contributed by atoms with van der Waals surface area (Å²) in [6.07, 6.45) is 0.997. The van der Waals surface area contributed by atoms with Crippen molar-refractivity contribution in [2.75, 3.05) is 18.0 Å². The van der Waals surface area contributed by atoms with Gasteiger partial charge in [-0.1, -0.05) is 26.0 Å². The van der Waals surface area contributed by atoms with Gasteiger partial charge in [0.15, 0.2) is 5.78 Å². The maximum Gasteiger partial charge on any atom is 0.159 e. The summed E-state index contributed by atoms with van der Waals surface area (Å²) in [4.78, 5) is 13.8. The fourth-order valence-electron chi connectivity index (χ4n) is 2.52. The lowest BCUT2D eigenvalue weighted by Crippen LogP contribution is -2.52. The highest BCUT2D eigenvalue weighted by atomic mass is 16.1. The van der Waals surface area contributed by atoms with Crippen molar-refractivity contribution in [3.63, 3.8) is 0 Å². The Hall–Kier alpha value is -1.35. The molecule has 0 bridgehead atoms. The molecule has 1 saturated heterocycles. The van der Waals surface area contributed by atoms with Gasteiger partial charge >= 0.3 is 0 Å². The van der Waals surface area contributed by atoms with Crippen LogP contribution < -0.4 is 10.6 Å². The first-order valence-electron chi connectivity index (χ1n) is 6.52. The summed E-state index contributed by atoms with van der Waals surface area (Å²) < 4.78 is 0. The number of anilines is 1. The molecule has 1 aliphatic rings. The Morgan fingerprint density at radius 2 is 2.17 bits per heavy atom. The summed E-state index contributed by atoms with van der Waals surface area (Å²) >= 11 is 0. The second-order valence-corrected chi connectivity index (χ2v) is 5.91. The van der Waals surface area contributed by atoms with E-state index in [2.05, 4.69) is 24.8 Å². The van der Waals surface area contributed by atoms with Crippen LogP contribution in [0, 0.1) is 5.41 Å². The number of nitrogens with two attached hydrogens (primary N) is 1. The quantitative estimate of drug-likeness (QED) is 0.815. The lowest BCUT2D eigenvalue weighted by atomic mass is 9.79. The molecule has 98 valence electrons. The Bertz CT molecular complexity index is 454. The zero-order valence-corrected chi connectivity index (χ0v) is 11.4. The fourth-order valence-corrected chi connectivity index (χ4v) is 2.52. The van der Waals surface area contributed by atoms with Gasteiger partial charge in [0, 0.05) is 30.4 Å². The lowest BCUT2D eigenvalue weighted by molar-refractivity contribution is 0.101. The van der Waals surface area contributed by atoms with Crippen LogP contribution >= 0.6 is 0 Å². The fraction of sp³-hybridized carbons (Fsp3) is 0.533. The number of hydrogen-bond acceptors (Lipinski definition) is 3. The molecule has 1 fully saturated rings. The van der Waals surface area contributed by atoms with E-state index >= 15 is 0 Å². The highest BCUT2D eigenvalue weighted by Gasteiger charge is 2.33. The molecular formula is C15H22N2O. The van der Waals surface area contributed by atoms with E-state index in [1.165, 1.54) is 0 Å². The second-order valence-electron chi connectivity index (χ2n) is 5.91. The Labute approximate surface area is 109 Å². The van der Waals surface area contributed by atoms with Gasteiger partial charge in [0.05, 0.1) is 0 Å². The number of nitrogens with zero attached hydrogens (tertiary/aromatic N) is 1. The van der Waals surface area contributed by atoms with E-state index in [1.807, 2.05) is 18.2 Å². The van der Waals surface area contributed by atoms with Crippen LogP contribution in [0.3, 0.4) is 0 Å². The number of carbonyl (C=O) groups excluding carboxylic acids is 1. The normalized spacial score (nSPS) is 22.9. The smallest absolute Gasteiger partial charge is 0.159 e. The molecule has 0 radical (unpaired) electrons. The number of piperidine rings is 1. The predicted molar refractivity (Wildman–Crippen MR) is 75.0 cm³/mol. The third kappa shape index (κ3) is 2.56. The standard InChI is InChI=1S/C15H22N2O/c1-11(18)12-5-4-6-13(9-12)17-8-7-14(16)15(2,3)10-17/h4-6,9,14H,7-8,10,16H2,1-3H3. The van der Waals surface area contributed by atoms with Crippen LogP contribution in [-0.2, 0) is 0 Å². The van der Waals surface area contributed by atoms with Gasteiger partial charge in [-0.05, 0) is 30.9 Å². The Morgan fingerprint density at radius 1 is 1.44 bits per heavy atom. The van der Waals surface area contributed by atoms with Crippen LogP contribution in [0.5, 0.6) is 0 Å². The number of ketones is 1. The number of hydrogen-bond donors (Lipinski definition) is 1. The van der Waals surface area contributed by atoms with Gasteiger partial charge in [0.1, 0.15) is 0 Å². The third-order valence-electron chi connectivity index (χ3n) is 3.93. The van der Waals surface area contributed by atoms with Crippen LogP contribution in [0.2, 0.25) is 0 Å². The monoisotopic (exact) mass is 246 g/mol. The van der Waals surface area contributed by atoms with Crippen molar-refractivity contribution < 1.29 is 4.79 Å². The van der Waals surface area contributed by atoms with Crippen LogP contribution in [0.1, 0.15) is 37.6 Å². The van der Waals surface area contributed by atoms with E-state index in [0.29, 0.717) is 0 Å². The van der Waals surface area contributed by atoms with Gasteiger partial charge in [-0.15, -0.1) is 0 Å². The van der Waals surface area contributed by atoms with E-state index in [4.69, 9.17) is 5.73 Å². The topological polar surface area (TPSA) is 46.3 Å². The molecule has 3 heteroatoms. The van der Waals surface area contributed by atoms with Crippen LogP contribution in [-0.4, -0.2) is 24.9 Å². The average Bonchev–Trinajstić information content (AvgIpc) is 2.33. The Morgan fingerprint density at radius 3 is 2.78 bits per heavy atom. The summed E-state index contributed by atoms with van der Waals surface area (Å²) in [7, 11) is 0. The molecule has 2 N–H and O–H groups in total. The molecule has 0 saturated carbocycles. The van der Waals surface area contributed by atoms with Gasteiger partial charge in [-0.25, -0.2) is 0 Å². The summed E-state index contributed by atoms with van der Waals surface area (Å²) in [5.41, 5.74) is 8.17. The highest BCUT2D eigenvalue weighted by Crippen LogP contribution is 2.31. The molecule has 0 aliphatic carbocycles. The van der Waals surface area contributed by atoms with Crippen molar-refractivity contribution >= 4 is 11.5 Å². The van der Waals surface area contributed by atoms with Crippen molar-refractivity contribution in [1.29, 1.82) is 0 Å². The first kappa shape index (κ1) is 13.1. The summed E-state index contributed by atoms with van der Waals surface area (Å²) in [6.45, 7) is 7.92. The van der Waals surface area contributed by atoms with Crippen molar-refractivity contribution in [1.82, 2.24) is 0 Å². The van der Waals surface area contributed by atoms with Crippen LogP contribution in [0.25, 0.3) is 0 Å². The lowest BCUT2D eigenvalue weighted by Gasteiger charge is -2.43. The number of benzene rings is 1. The highest BCUT2D eigenvalue weighted by molar-refractivity contribution is 5.94. The van der Waals surface area contributed by atoms with Crippen molar-refractivity contribution in [2.45, 2.75) is 33.2 Å². The molecule has 1 aromatic carbocycles. The molecular weight excluding hydrogens is 224 g/mol. The van der Waals surface area contributed by atoms with Gasteiger partial charge in [-0.2, -0.15) is 0 Å². The molecule has 1 aliphatic heterocycles. The molecule has 1 aromatic rings. The minimum absolute atomic E-state index is 0.116. The Balaban J connectivity index is 2.22. The van der Waals surface area contributed by atoms with E-state index in [-0.39, 0.29) is 17.2 Å². The van der Waals surface area contributed by atoms with Gasteiger partial charge in [0.25, 0.3) is 0 Å². The molecule has 3 nitrogen and oxygen atoms in total. The van der Waals surface area contributed by atoms with Gasteiger partial charge < -0.3 is 10.6 Å². The molecule has 0 aromatic heterocycles. The van der Waals surface area contributed by atoms with Crippen molar-refractivity contribution in [2.24, 2.45) is 11.1 Å². The largest absolute Gasteiger partial charge is 0.371 e. The molecule has 0 spiro atoms. The minimum atomic E-state index is 0.116. The molecule has 1 unspecified atom stereocenters. The predicted octanol–water partition coefficient (Wildman–Crippen LogP) is 2.45. The van der Waals surface area contributed by atoms with E-state index in [9.17, 15) is 4.79 Å². The van der Waals surface area contributed by atoms with Crippen molar-refractivity contribution in [3.8, 4) is 0 Å². The van der Waals surface area contributed by atoms with E-state index < -0.39 is 0 Å². The van der Waals surface area contributed by atoms with E-state index in [0.717, 1.165) is 30.8 Å². The van der Waals surface area contributed by atoms with Crippen molar-refractivity contribution in [3.05, 3.63) is 29.8 Å². The number of Topliss-reactive ketones (excluding diaryl/α,β-unsaturated/α-hetero) is 1. The first-order chi connectivity index (χ1) is 8.40. The summed E-state index contributed by atoms with van der Waals surface area (Å²) in [5.74, 6) is 0.116. The zero-order valence-electron chi connectivity index (χ0n) is 11.4. The molecule has 1 heterocycles. The molecule has 0 amide bonds. The first-order valence-corrected chi connectivity index (χ1v) is 6.52. The molecule has 2 rings (SSSR count). The SMILES string of the molecule is CC(=O)c1cccc(N2CCC(N)C(C)(C)C2)c1. The second kappa shape index (κ2) is 4.73. The summed E-state index contributed by atoms with van der Waals surface area (Å²) in [6, 6.07) is 8.12. The minimum Gasteiger partial charge on any atom is -0.371 e. The Kier molecular flexibility index (Phi) is 3.44. The zero-order chi connectivity index (χ0) is 13.3. The van der Waals surface area contributed by atoms with Gasteiger partial charge in [-0.3, -0.25) is 4.79 Å². The number of rotatable bonds is 2. The molecule has 18 heavy (non-hydrogen) atoms. The third-order valence-corrected chi connectivity index (χ3v) is 3.93. The average molecular weight is 246 g/mol. The number of carbonyl (C=O) groups is 1. The maximum atomic E-state index is 11.4. The van der Waals surface area contributed by atoms with Gasteiger partial charge in [0.2, 0.25) is 0 Å². The van der Waals surface area contributed by atoms with E-state index in [1.54, 1.807) is 6.92 Å². The summed E-state index contributed by atoms with van der Waals surface area (Å²) in [5, 5.41) is 0.